The van der Waals surface area contributed by atoms with Crippen LogP contribution >= 0.6 is 0 Å². The van der Waals surface area contributed by atoms with E-state index in [0.717, 1.165) is 20.0 Å². The number of nitrogens with one attached hydrogen (secondary N) is 2. The molecule has 10 nitrogen and oxygen atoms in total. The standard InChI is InChI=1S/C25H41N3O7/c1-9-10-16(18(29)22(32)34-8)26-20(30)17-14-11-12-15(13-14)28(17)21(31)19(24(2,3)4)27-23(33)35-25(5,6)7/h14-17,19H,9-13H2,1-8H3,(H,26,30)(H,27,33). The van der Waals surface area contributed by atoms with Crippen molar-refractivity contribution in [3.05, 3.63) is 0 Å². The number of likely N-dealkylation sites (tertiary alicyclic amines) is 1. The topological polar surface area (TPSA) is 131 Å². The summed E-state index contributed by atoms with van der Waals surface area (Å²) in [7, 11) is 1.12. The fourth-order valence-electron chi connectivity index (χ4n) is 4.92. The fourth-order valence-corrected chi connectivity index (χ4v) is 4.92. The largest absolute Gasteiger partial charge is 0.463 e. The number of alkyl carbamates (subject to hydrolysis) is 1. The first kappa shape index (κ1) is 28.6. The summed E-state index contributed by atoms with van der Waals surface area (Å²) >= 11 is 0. The minimum absolute atomic E-state index is 0.0541. The third-order valence-corrected chi connectivity index (χ3v) is 6.48. The fraction of sp³-hybridized carbons (Fsp3) is 0.800. The number of carbonyl (C=O) groups excluding carboxylic acids is 5. The average Bonchev–Trinajstić information content (AvgIpc) is 3.35. The Kier molecular flexibility index (Phi) is 8.94. The second-order valence-electron chi connectivity index (χ2n) is 11.6. The van der Waals surface area contributed by atoms with Gasteiger partial charge in [-0.15, -0.1) is 0 Å². The van der Waals surface area contributed by atoms with Gasteiger partial charge in [0.25, 0.3) is 5.78 Å². The van der Waals surface area contributed by atoms with Gasteiger partial charge in [-0.25, -0.2) is 9.59 Å². The van der Waals surface area contributed by atoms with E-state index in [-0.39, 0.29) is 24.3 Å². The second kappa shape index (κ2) is 11.0. The lowest BCUT2D eigenvalue weighted by Crippen LogP contribution is -2.62. The molecule has 1 saturated carbocycles. The molecular weight excluding hydrogens is 454 g/mol. The van der Waals surface area contributed by atoms with E-state index in [0.29, 0.717) is 12.8 Å². The van der Waals surface area contributed by atoms with E-state index in [4.69, 9.17) is 4.74 Å². The Morgan fingerprint density at radius 1 is 1.00 bits per heavy atom. The summed E-state index contributed by atoms with van der Waals surface area (Å²) in [6.45, 7) is 12.6. The molecule has 3 amide bonds. The first-order chi connectivity index (χ1) is 16.1. The van der Waals surface area contributed by atoms with E-state index in [1.807, 2.05) is 27.7 Å². The van der Waals surface area contributed by atoms with Gasteiger partial charge in [-0.2, -0.15) is 0 Å². The third-order valence-electron chi connectivity index (χ3n) is 6.48. The summed E-state index contributed by atoms with van der Waals surface area (Å²) in [5.74, 6) is -2.71. The summed E-state index contributed by atoms with van der Waals surface area (Å²) in [4.78, 5) is 65.6. The predicted octanol–water partition coefficient (Wildman–Crippen LogP) is 2.33. The summed E-state index contributed by atoms with van der Waals surface area (Å²) in [6, 6.07) is -2.85. The number of nitrogens with zero attached hydrogens (tertiary/aromatic N) is 1. The normalized spacial score (nSPS) is 23.3. The van der Waals surface area contributed by atoms with E-state index in [1.54, 1.807) is 25.7 Å². The number of piperidine rings is 1. The van der Waals surface area contributed by atoms with Gasteiger partial charge in [-0.05, 0) is 57.8 Å². The van der Waals surface area contributed by atoms with Crippen LogP contribution in [0.4, 0.5) is 4.79 Å². The molecule has 1 heterocycles. The number of methoxy groups -OCH3 is 1. The molecule has 0 radical (unpaired) electrons. The summed E-state index contributed by atoms with van der Waals surface area (Å²) in [5.41, 5.74) is -1.38. The number of hydrogen-bond donors (Lipinski definition) is 2. The van der Waals surface area contributed by atoms with Gasteiger partial charge in [-0.1, -0.05) is 34.1 Å². The average molecular weight is 496 g/mol. The number of hydrogen-bond acceptors (Lipinski definition) is 7. The Hall–Kier alpha value is -2.65. The summed E-state index contributed by atoms with van der Waals surface area (Å²) in [5, 5.41) is 5.41. The van der Waals surface area contributed by atoms with Gasteiger partial charge in [0.05, 0.1) is 13.2 Å². The Morgan fingerprint density at radius 2 is 1.63 bits per heavy atom. The number of carbonyl (C=O) groups is 5. The lowest BCUT2D eigenvalue weighted by Gasteiger charge is -2.40. The first-order valence-electron chi connectivity index (χ1n) is 12.3. The molecule has 2 N–H and O–H groups in total. The first-order valence-corrected chi connectivity index (χ1v) is 12.3. The number of amides is 3. The van der Waals surface area contributed by atoms with Gasteiger partial charge in [0.2, 0.25) is 11.8 Å². The molecule has 0 aromatic carbocycles. The van der Waals surface area contributed by atoms with Crippen LogP contribution < -0.4 is 10.6 Å². The molecule has 1 saturated heterocycles. The maximum absolute atomic E-state index is 13.8. The smallest absolute Gasteiger partial charge is 0.408 e. The molecule has 5 atom stereocenters. The molecule has 2 fully saturated rings. The van der Waals surface area contributed by atoms with Crippen molar-refractivity contribution in [2.75, 3.05) is 7.11 Å². The Morgan fingerprint density at radius 3 is 2.14 bits per heavy atom. The van der Waals surface area contributed by atoms with E-state index >= 15 is 0 Å². The molecule has 1 aliphatic carbocycles. The zero-order valence-electron chi connectivity index (χ0n) is 22.2. The highest BCUT2D eigenvalue weighted by Crippen LogP contribution is 2.43. The van der Waals surface area contributed by atoms with Crippen LogP contribution in [0.1, 0.15) is 80.6 Å². The van der Waals surface area contributed by atoms with Crippen molar-refractivity contribution in [3.63, 3.8) is 0 Å². The number of esters is 1. The Bertz CT molecular complexity index is 843. The highest BCUT2D eigenvalue weighted by molar-refractivity contribution is 6.36. The van der Waals surface area contributed by atoms with Crippen LogP contribution in [-0.4, -0.2) is 71.4 Å². The van der Waals surface area contributed by atoms with Crippen LogP contribution in [0.3, 0.4) is 0 Å². The van der Waals surface area contributed by atoms with Crippen LogP contribution in [0.2, 0.25) is 0 Å². The molecule has 35 heavy (non-hydrogen) atoms. The number of rotatable bonds is 8. The van der Waals surface area contributed by atoms with Crippen molar-refractivity contribution in [3.8, 4) is 0 Å². The highest BCUT2D eigenvalue weighted by atomic mass is 16.6. The zero-order chi connectivity index (χ0) is 26.7. The number of fused-ring (bicyclic) bond motifs is 2. The maximum Gasteiger partial charge on any atom is 0.408 e. The van der Waals surface area contributed by atoms with Crippen LogP contribution in [0.5, 0.6) is 0 Å². The molecule has 2 rings (SSSR count). The van der Waals surface area contributed by atoms with Gasteiger partial charge >= 0.3 is 12.1 Å². The molecule has 0 aromatic rings. The summed E-state index contributed by atoms with van der Waals surface area (Å²) < 4.78 is 9.91. The van der Waals surface area contributed by atoms with E-state index in [1.165, 1.54) is 0 Å². The third kappa shape index (κ3) is 6.95. The number of ether oxygens (including phenoxy) is 2. The van der Waals surface area contributed by atoms with E-state index < -0.39 is 52.9 Å². The van der Waals surface area contributed by atoms with Gasteiger partial charge in [0, 0.05) is 6.04 Å². The molecule has 2 bridgehead atoms. The van der Waals surface area contributed by atoms with Crippen LogP contribution in [-0.2, 0) is 28.7 Å². The van der Waals surface area contributed by atoms with Gasteiger partial charge in [0.15, 0.2) is 0 Å². The zero-order valence-corrected chi connectivity index (χ0v) is 22.2. The van der Waals surface area contributed by atoms with Crippen molar-refractivity contribution in [1.29, 1.82) is 0 Å². The molecule has 2 aliphatic rings. The van der Waals surface area contributed by atoms with Crippen LogP contribution in [0.15, 0.2) is 0 Å². The van der Waals surface area contributed by atoms with Crippen molar-refractivity contribution < 1.29 is 33.4 Å². The monoisotopic (exact) mass is 495 g/mol. The van der Waals surface area contributed by atoms with Crippen molar-refractivity contribution in [2.45, 2.75) is 110 Å². The predicted molar refractivity (Wildman–Crippen MR) is 128 cm³/mol. The molecule has 10 heteroatoms. The molecule has 1 aliphatic heterocycles. The van der Waals surface area contributed by atoms with Crippen molar-refractivity contribution >= 4 is 29.7 Å². The maximum atomic E-state index is 13.8. The van der Waals surface area contributed by atoms with Crippen LogP contribution in [0.25, 0.3) is 0 Å². The lowest BCUT2D eigenvalue weighted by molar-refractivity contribution is -0.153. The van der Waals surface area contributed by atoms with Gasteiger partial charge in [0.1, 0.15) is 17.7 Å². The molecular formula is C25H41N3O7. The van der Waals surface area contributed by atoms with Crippen molar-refractivity contribution in [2.24, 2.45) is 11.3 Å². The van der Waals surface area contributed by atoms with Gasteiger partial charge < -0.3 is 25.0 Å². The lowest BCUT2D eigenvalue weighted by atomic mass is 9.85. The highest BCUT2D eigenvalue weighted by Gasteiger charge is 2.54. The van der Waals surface area contributed by atoms with Gasteiger partial charge in [-0.3, -0.25) is 14.4 Å². The van der Waals surface area contributed by atoms with E-state index in [2.05, 4.69) is 15.4 Å². The Labute approximate surface area is 207 Å². The SMILES string of the molecule is CCCC(NC(=O)C1C2CCC(C2)N1C(=O)C(NC(=O)OC(C)(C)C)C(C)(C)C)C(=O)C(=O)OC. The Balaban J connectivity index is 2.28. The molecule has 0 spiro atoms. The van der Waals surface area contributed by atoms with E-state index in [9.17, 15) is 24.0 Å². The number of Topliss-reactive ketones (excluding diaryl/α,β-unsaturated/α-hetero) is 1. The minimum Gasteiger partial charge on any atom is -0.463 e. The quantitative estimate of drug-likeness (QED) is 0.390. The molecule has 0 aromatic heterocycles. The second-order valence-corrected chi connectivity index (χ2v) is 11.6. The minimum atomic E-state index is -1.02. The molecule has 198 valence electrons. The molecule has 5 unspecified atom stereocenters. The number of ketones is 1. The van der Waals surface area contributed by atoms with Crippen molar-refractivity contribution in [1.82, 2.24) is 15.5 Å². The van der Waals surface area contributed by atoms with Crippen LogP contribution in [0, 0.1) is 11.3 Å². The summed E-state index contributed by atoms with van der Waals surface area (Å²) in [6.07, 6.45) is 2.37.